The van der Waals surface area contributed by atoms with Crippen LogP contribution < -0.4 is 10.9 Å². The highest BCUT2D eigenvalue weighted by atomic mass is 16.5. The SMILES string of the molecule is Cn1ccc2ccc(NCC(=O)N3CCOCC3)cc2c1=O. The van der Waals surface area contributed by atoms with Crippen LogP contribution in [0.5, 0.6) is 0 Å². The summed E-state index contributed by atoms with van der Waals surface area (Å²) in [5.74, 6) is 0.0457. The number of rotatable bonds is 3. The summed E-state index contributed by atoms with van der Waals surface area (Å²) in [6.07, 6.45) is 1.75. The van der Waals surface area contributed by atoms with Gasteiger partial charge in [-0.25, -0.2) is 0 Å². The van der Waals surface area contributed by atoms with Crippen molar-refractivity contribution in [1.29, 1.82) is 0 Å². The normalized spacial score (nSPS) is 15.0. The molecule has 6 nitrogen and oxygen atoms in total. The lowest BCUT2D eigenvalue weighted by Crippen LogP contribution is -2.43. The number of carbonyl (C=O) groups excluding carboxylic acids is 1. The maximum absolute atomic E-state index is 12.1. The minimum atomic E-state index is -0.0411. The number of aromatic nitrogens is 1. The topological polar surface area (TPSA) is 63.6 Å². The number of nitrogens with one attached hydrogen (secondary N) is 1. The van der Waals surface area contributed by atoms with Gasteiger partial charge in [0.15, 0.2) is 0 Å². The molecule has 3 rings (SSSR count). The average molecular weight is 301 g/mol. The number of morpholine rings is 1. The molecule has 1 N–H and O–H groups in total. The molecule has 0 bridgehead atoms. The molecule has 2 heterocycles. The van der Waals surface area contributed by atoms with Gasteiger partial charge in [0.25, 0.3) is 5.56 Å². The van der Waals surface area contributed by atoms with E-state index >= 15 is 0 Å². The van der Waals surface area contributed by atoms with Gasteiger partial charge in [0.05, 0.1) is 19.8 Å². The van der Waals surface area contributed by atoms with Crippen molar-refractivity contribution in [1.82, 2.24) is 9.47 Å². The standard InChI is InChI=1S/C16H19N3O3/c1-18-5-4-12-2-3-13(10-14(12)16(18)21)17-11-15(20)19-6-8-22-9-7-19/h2-5,10,17H,6-9,11H2,1H3. The Kier molecular flexibility index (Phi) is 4.11. The first-order valence-corrected chi connectivity index (χ1v) is 7.34. The smallest absolute Gasteiger partial charge is 0.258 e. The van der Waals surface area contributed by atoms with Gasteiger partial charge in [-0.05, 0) is 23.6 Å². The van der Waals surface area contributed by atoms with E-state index in [1.54, 1.807) is 28.8 Å². The Morgan fingerprint density at radius 2 is 2.05 bits per heavy atom. The molecule has 1 fully saturated rings. The van der Waals surface area contributed by atoms with E-state index in [4.69, 9.17) is 4.74 Å². The van der Waals surface area contributed by atoms with Gasteiger partial charge in [0.2, 0.25) is 5.91 Å². The van der Waals surface area contributed by atoms with Crippen LogP contribution in [-0.2, 0) is 16.6 Å². The first-order chi connectivity index (χ1) is 10.6. The van der Waals surface area contributed by atoms with E-state index in [0.29, 0.717) is 31.7 Å². The van der Waals surface area contributed by atoms with Crippen molar-refractivity contribution in [2.45, 2.75) is 0 Å². The van der Waals surface area contributed by atoms with Crippen LogP contribution in [0.15, 0.2) is 35.3 Å². The predicted octanol–water partition coefficient (Wildman–Crippen LogP) is 0.809. The van der Waals surface area contributed by atoms with Crippen LogP contribution in [0, 0.1) is 0 Å². The monoisotopic (exact) mass is 301 g/mol. The predicted molar refractivity (Wildman–Crippen MR) is 85.1 cm³/mol. The van der Waals surface area contributed by atoms with Gasteiger partial charge in [-0.3, -0.25) is 9.59 Å². The van der Waals surface area contributed by atoms with Gasteiger partial charge in [-0.2, -0.15) is 0 Å². The summed E-state index contributed by atoms with van der Waals surface area (Å²) in [5, 5.41) is 4.64. The molecule has 0 radical (unpaired) electrons. The van der Waals surface area contributed by atoms with Crippen molar-refractivity contribution in [2.75, 3.05) is 38.2 Å². The second kappa shape index (κ2) is 6.19. The second-order valence-electron chi connectivity index (χ2n) is 5.38. The molecule has 22 heavy (non-hydrogen) atoms. The van der Waals surface area contributed by atoms with E-state index in [1.807, 2.05) is 18.2 Å². The molecule has 6 heteroatoms. The van der Waals surface area contributed by atoms with Crippen molar-refractivity contribution in [3.63, 3.8) is 0 Å². The molecule has 1 saturated heterocycles. The van der Waals surface area contributed by atoms with E-state index in [2.05, 4.69) is 5.32 Å². The minimum Gasteiger partial charge on any atom is -0.378 e. The Morgan fingerprint density at radius 3 is 2.82 bits per heavy atom. The highest BCUT2D eigenvalue weighted by Gasteiger charge is 2.16. The molecule has 0 saturated carbocycles. The van der Waals surface area contributed by atoms with Gasteiger partial charge in [0, 0.05) is 37.4 Å². The molecule has 116 valence electrons. The largest absolute Gasteiger partial charge is 0.378 e. The molecule has 1 aromatic heterocycles. The van der Waals surface area contributed by atoms with Gasteiger partial charge >= 0.3 is 0 Å². The lowest BCUT2D eigenvalue weighted by atomic mass is 10.1. The first kappa shape index (κ1) is 14.6. The van der Waals surface area contributed by atoms with Crippen molar-refractivity contribution >= 4 is 22.4 Å². The third kappa shape index (κ3) is 2.96. The second-order valence-corrected chi connectivity index (χ2v) is 5.38. The summed E-state index contributed by atoms with van der Waals surface area (Å²) < 4.78 is 6.78. The van der Waals surface area contributed by atoms with Crippen LogP contribution >= 0.6 is 0 Å². The summed E-state index contributed by atoms with van der Waals surface area (Å²) in [6, 6.07) is 7.47. The molecular weight excluding hydrogens is 282 g/mol. The van der Waals surface area contributed by atoms with Crippen LogP contribution in [-0.4, -0.2) is 48.2 Å². The Labute approximate surface area is 128 Å². The Hall–Kier alpha value is -2.34. The summed E-state index contributed by atoms with van der Waals surface area (Å²) >= 11 is 0. The Bertz CT molecular complexity index is 748. The number of hydrogen-bond acceptors (Lipinski definition) is 4. The number of ether oxygens (including phenoxy) is 1. The third-order valence-electron chi connectivity index (χ3n) is 3.89. The molecule has 1 aliphatic rings. The highest BCUT2D eigenvalue weighted by Crippen LogP contribution is 2.15. The van der Waals surface area contributed by atoms with E-state index in [-0.39, 0.29) is 18.0 Å². The number of anilines is 1. The van der Waals surface area contributed by atoms with Gasteiger partial charge < -0.3 is 19.5 Å². The van der Waals surface area contributed by atoms with Gasteiger partial charge in [-0.1, -0.05) is 6.07 Å². The van der Waals surface area contributed by atoms with E-state index < -0.39 is 0 Å². The number of amides is 1. The number of aryl methyl sites for hydroxylation is 1. The van der Waals surface area contributed by atoms with E-state index in [0.717, 1.165) is 11.1 Å². The maximum Gasteiger partial charge on any atom is 0.258 e. The van der Waals surface area contributed by atoms with Gasteiger partial charge in [-0.15, -0.1) is 0 Å². The van der Waals surface area contributed by atoms with E-state index in [1.165, 1.54) is 0 Å². The fraction of sp³-hybridized carbons (Fsp3) is 0.375. The fourth-order valence-electron chi connectivity index (χ4n) is 2.55. The zero-order valence-electron chi connectivity index (χ0n) is 12.5. The molecule has 0 atom stereocenters. The summed E-state index contributed by atoms with van der Waals surface area (Å²) in [4.78, 5) is 26.0. The van der Waals surface area contributed by atoms with Crippen LogP contribution in [0.25, 0.3) is 10.8 Å². The summed E-state index contributed by atoms with van der Waals surface area (Å²) in [7, 11) is 1.73. The number of benzene rings is 1. The average Bonchev–Trinajstić information content (AvgIpc) is 2.57. The Balaban J connectivity index is 1.72. The van der Waals surface area contributed by atoms with E-state index in [9.17, 15) is 9.59 Å². The number of pyridine rings is 1. The number of hydrogen-bond donors (Lipinski definition) is 1. The number of fused-ring (bicyclic) bond motifs is 1. The van der Waals surface area contributed by atoms with Crippen LogP contribution in [0.4, 0.5) is 5.69 Å². The first-order valence-electron chi connectivity index (χ1n) is 7.34. The highest BCUT2D eigenvalue weighted by molar-refractivity contribution is 5.86. The number of nitrogens with zero attached hydrogens (tertiary/aromatic N) is 2. The molecule has 2 aromatic rings. The van der Waals surface area contributed by atoms with Crippen LogP contribution in [0.1, 0.15) is 0 Å². The summed E-state index contributed by atoms with van der Waals surface area (Å²) in [6.45, 7) is 2.69. The maximum atomic E-state index is 12.1. The van der Waals surface area contributed by atoms with Gasteiger partial charge in [0.1, 0.15) is 0 Å². The fourth-order valence-corrected chi connectivity index (χ4v) is 2.55. The quantitative estimate of drug-likeness (QED) is 0.911. The Morgan fingerprint density at radius 1 is 1.27 bits per heavy atom. The lowest BCUT2D eigenvalue weighted by Gasteiger charge is -2.27. The molecule has 1 aliphatic heterocycles. The summed E-state index contributed by atoms with van der Waals surface area (Å²) in [5.41, 5.74) is 0.734. The van der Waals surface area contributed by atoms with Crippen LogP contribution in [0.3, 0.4) is 0 Å². The zero-order chi connectivity index (χ0) is 15.5. The van der Waals surface area contributed by atoms with Crippen LogP contribution in [0.2, 0.25) is 0 Å². The number of carbonyl (C=O) groups is 1. The molecule has 1 aromatic carbocycles. The van der Waals surface area contributed by atoms with Crippen molar-refractivity contribution in [2.24, 2.45) is 7.05 Å². The van der Waals surface area contributed by atoms with Crippen molar-refractivity contribution < 1.29 is 9.53 Å². The zero-order valence-corrected chi connectivity index (χ0v) is 12.5. The molecule has 0 aliphatic carbocycles. The molecular formula is C16H19N3O3. The van der Waals surface area contributed by atoms with Crippen molar-refractivity contribution in [3.05, 3.63) is 40.8 Å². The third-order valence-corrected chi connectivity index (χ3v) is 3.89. The minimum absolute atomic E-state index is 0.0411. The lowest BCUT2D eigenvalue weighted by molar-refractivity contribution is -0.133. The van der Waals surface area contributed by atoms with Crippen molar-refractivity contribution in [3.8, 4) is 0 Å². The molecule has 0 spiro atoms. The molecule has 1 amide bonds. The molecule has 0 unspecified atom stereocenters.